The minimum atomic E-state index is -0.551. The van der Waals surface area contributed by atoms with Crippen molar-refractivity contribution >= 4 is 17.6 Å². The second-order valence-electron chi connectivity index (χ2n) is 20.3. The van der Waals surface area contributed by atoms with Gasteiger partial charge >= 0.3 is 0 Å². The summed E-state index contributed by atoms with van der Waals surface area (Å²) in [5.74, 6) is 4.70. The largest absolute Gasteiger partial charge is 0.381 e. The van der Waals surface area contributed by atoms with Crippen LogP contribution in [0.5, 0.6) is 0 Å². The summed E-state index contributed by atoms with van der Waals surface area (Å²) in [6.07, 6.45) is 22.7. The molecule has 70 heavy (non-hydrogen) atoms. The molecule has 6 heteroatoms. The number of hydrogen-bond donors (Lipinski definition) is 1. The Hall–Kier alpha value is -3.38. The summed E-state index contributed by atoms with van der Waals surface area (Å²) in [6.45, 7) is 51.8. The van der Waals surface area contributed by atoms with Gasteiger partial charge in [-0.1, -0.05) is 187 Å². The molecule has 0 radical (unpaired) electrons. The van der Waals surface area contributed by atoms with Gasteiger partial charge in [0.05, 0.1) is 36.2 Å². The number of Topliss-reactive ketones (excluding diaryl/α,β-unsaturated/α-hetero) is 1. The van der Waals surface area contributed by atoms with E-state index >= 15 is 0 Å². The summed E-state index contributed by atoms with van der Waals surface area (Å²) in [7, 11) is 0. The molecule has 1 heterocycles. The zero-order chi connectivity index (χ0) is 54.4. The SMILES string of the molecule is C=C/C(F)=C(\C=C/C)N/C(C)=C(C)/C(=C\C(=C)c1ccc(C(CCC)(CCC)C(=O)C(C)CC)c(C)c1)N=CCC.CC.CC(C)C.CCC(C)C1COC1.CCCC(F)CC.CCCC1CC(C)C1. The van der Waals surface area contributed by atoms with Crippen molar-refractivity contribution in [1.82, 2.24) is 5.32 Å². The lowest BCUT2D eigenvalue weighted by molar-refractivity contribution is -0.129. The van der Waals surface area contributed by atoms with E-state index in [2.05, 4.69) is 120 Å². The normalized spacial score (nSPS) is 17.6. The van der Waals surface area contributed by atoms with Gasteiger partial charge in [-0.25, -0.2) is 8.78 Å². The van der Waals surface area contributed by atoms with Crippen LogP contribution in [0.25, 0.3) is 5.57 Å². The number of benzene rings is 1. The predicted molar refractivity (Wildman–Crippen MR) is 310 cm³/mol. The van der Waals surface area contributed by atoms with Crippen LogP contribution >= 0.6 is 0 Å². The third-order valence-electron chi connectivity index (χ3n) is 13.1. The third kappa shape index (κ3) is 28.0. The zero-order valence-corrected chi connectivity index (χ0v) is 49.4. The highest BCUT2D eigenvalue weighted by atomic mass is 19.1. The van der Waals surface area contributed by atoms with Crippen LogP contribution in [0.3, 0.4) is 0 Å². The number of allylic oxidation sites excluding steroid dienone is 8. The van der Waals surface area contributed by atoms with Gasteiger partial charge in [0, 0.05) is 23.7 Å². The standard InChI is InChI=1S/C37H53FN2O.C8H16.C7H14O.C6H13F.C4H10.C2H6/c1-12-18-34(33(38)17-6)40-30(11)29(10)35(39-23-15-4)25-27(8)31-19-20-32(28(9)24-31)37(21-13-2,22-14-3)36(41)26(7)16-5;1-3-4-8-5-7(2)6-8;1-3-6(2)7-4-8-5-7;1-3-5-6(7)4-2;1-4(2)3;1-2/h12,17-20,23-26,40H,6,8,13-16,21-22H2,1-5,7,9-11H3;7-8H,3-6H2,1-2H3;6-7H,3-5H2,1-2H3;6H,3-5H2,1-2H3;4H,1-3H3;1-2H3/b18-12-,30-29+,34-33-,35-25+,39-23?;;;;;. The van der Waals surface area contributed by atoms with Gasteiger partial charge < -0.3 is 10.1 Å². The lowest BCUT2D eigenvalue weighted by Crippen LogP contribution is -2.40. The molecule has 3 rings (SSSR count). The lowest BCUT2D eigenvalue weighted by Gasteiger charge is -2.36. The molecule has 3 unspecified atom stereocenters. The van der Waals surface area contributed by atoms with Crippen molar-refractivity contribution in [1.29, 1.82) is 0 Å². The molecule has 1 aliphatic heterocycles. The molecule has 0 spiro atoms. The summed E-state index contributed by atoms with van der Waals surface area (Å²) in [4.78, 5) is 18.5. The van der Waals surface area contributed by atoms with E-state index in [4.69, 9.17) is 9.73 Å². The van der Waals surface area contributed by atoms with Crippen molar-refractivity contribution in [2.24, 2.45) is 40.5 Å². The molecule has 4 nitrogen and oxygen atoms in total. The Morgan fingerprint density at radius 1 is 0.914 bits per heavy atom. The van der Waals surface area contributed by atoms with Crippen LogP contribution < -0.4 is 5.32 Å². The Kier molecular flexibility index (Phi) is 42.7. The molecule has 1 aromatic rings. The number of halogens is 2. The van der Waals surface area contributed by atoms with E-state index in [1.165, 1.54) is 38.2 Å². The van der Waals surface area contributed by atoms with Gasteiger partial charge in [-0.3, -0.25) is 9.79 Å². The first-order chi connectivity index (χ1) is 33.2. The van der Waals surface area contributed by atoms with Crippen molar-refractivity contribution in [3.8, 4) is 0 Å². The van der Waals surface area contributed by atoms with Crippen molar-refractivity contribution in [2.75, 3.05) is 13.2 Å². The summed E-state index contributed by atoms with van der Waals surface area (Å²) < 4.78 is 31.5. The topological polar surface area (TPSA) is 50.7 Å². The summed E-state index contributed by atoms with van der Waals surface area (Å²) in [5.41, 5.74) is 6.35. The van der Waals surface area contributed by atoms with E-state index in [0.29, 0.717) is 17.9 Å². The number of aliphatic imine (C=N–C) groups is 1. The van der Waals surface area contributed by atoms with Gasteiger partial charge in [-0.15, -0.1) is 0 Å². The summed E-state index contributed by atoms with van der Waals surface area (Å²) in [6, 6.07) is 6.38. The van der Waals surface area contributed by atoms with Gasteiger partial charge in [0.15, 0.2) is 0 Å². The number of ether oxygens (including phenoxy) is 1. The monoisotopic (exact) mass is 979 g/mol. The fourth-order valence-electron chi connectivity index (χ4n) is 8.46. The number of alkyl halides is 1. The molecule has 1 saturated heterocycles. The van der Waals surface area contributed by atoms with Gasteiger partial charge in [0.25, 0.3) is 0 Å². The number of nitrogens with one attached hydrogen (secondary N) is 1. The van der Waals surface area contributed by atoms with E-state index in [9.17, 15) is 13.6 Å². The molecule has 1 saturated carbocycles. The highest BCUT2D eigenvalue weighted by Gasteiger charge is 2.41. The Balaban J connectivity index is -0.00000122. The molecule has 2 aliphatic rings. The van der Waals surface area contributed by atoms with Crippen molar-refractivity contribution in [3.63, 3.8) is 0 Å². The smallest absolute Gasteiger partial charge is 0.146 e. The number of carbonyl (C=O) groups excluding carboxylic acids is 1. The predicted octanol–water partition coefficient (Wildman–Crippen LogP) is 20.4. The quantitative estimate of drug-likeness (QED) is 0.0829. The van der Waals surface area contributed by atoms with Crippen LogP contribution in [0, 0.1) is 42.4 Å². The number of ketones is 1. The molecule has 2 fully saturated rings. The number of aryl methyl sites for hydroxylation is 1. The second-order valence-corrected chi connectivity index (χ2v) is 20.3. The number of carbonyl (C=O) groups is 1. The average molecular weight is 980 g/mol. The maximum atomic E-state index is 14.4. The fourth-order valence-corrected chi connectivity index (χ4v) is 8.46. The molecule has 1 aliphatic carbocycles. The van der Waals surface area contributed by atoms with Crippen LogP contribution in [-0.4, -0.2) is 31.4 Å². The first-order valence-electron chi connectivity index (χ1n) is 28.1. The van der Waals surface area contributed by atoms with E-state index in [1.807, 2.05) is 67.7 Å². The fraction of sp³-hybridized carbons (Fsp3) is 0.688. The van der Waals surface area contributed by atoms with Gasteiger partial charge in [-0.2, -0.15) is 0 Å². The lowest BCUT2D eigenvalue weighted by atomic mass is 9.65. The van der Waals surface area contributed by atoms with E-state index < -0.39 is 17.4 Å². The van der Waals surface area contributed by atoms with Gasteiger partial charge in [0.1, 0.15) is 11.6 Å². The molecular weight excluding hydrogens is 867 g/mol. The number of rotatable bonds is 24. The maximum Gasteiger partial charge on any atom is 0.146 e. The van der Waals surface area contributed by atoms with Gasteiger partial charge in [0.2, 0.25) is 0 Å². The number of nitrogens with zero attached hydrogens (tertiary/aromatic N) is 1. The maximum absolute atomic E-state index is 14.4. The van der Waals surface area contributed by atoms with Crippen LogP contribution in [0.1, 0.15) is 238 Å². The molecule has 1 aromatic carbocycles. The van der Waals surface area contributed by atoms with E-state index in [0.717, 1.165) is 133 Å². The molecule has 0 amide bonds. The molecule has 0 bridgehead atoms. The van der Waals surface area contributed by atoms with Gasteiger partial charge in [-0.05, 0) is 149 Å². The van der Waals surface area contributed by atoms with Crippen LogP contribution in [0.2, 0.25) is 0 Å². The Bertz CT molecular complexity index is 1690. The highest BCUT2D eigenvalue weighted by Crippen LogP contribution is 2.41. The van der Waals surface area contributed by atoms with Crippen molar-refractivity contribution < 1.29 is 18.3 Å². The van der Waals surface area contributed by atoms with E-state index in [1.54, 1.807) is 12.2 Å². The van der Waals surface area contributed by atoms with Crippen LogP contribution in [-0.2, 0) is 14.9 Å². The minimum Gasteiger partial charge on any atom is -0.381 e. The van der Waals surface area contributed by atoms with Crippen LogP contribution in [0.15, 0.2) is 89.1 Å². The molecule has 3 atom stereocenters. The second kappa shape index (κ2) is 42.2. The summed E-state index contributed by atoms with van der Waals surface area (Å²) in [5, 5.41) is 3.17. The van der Waals surface area contributed by atoms with Crippen LogP contribution in [0.4, 0.5) is 8.78 Å². The zero-order valence-electron chi connectivity index (χ0n) is 49.4. The third-order valence-corrected chi connectivity index (χ3v) is 13.1. The van der Waals surface area contributed by atoms with Crippen molar-refractivity contribution in [3.05, 3.63) is 101 Å². The highest BCUT2D eigenvalue weighted by molar-refractivity contribution is 5.92. The Morgan fingerprint density at radius 3 is 1.84 bits per heavy atom. The molecular formula is C64H112F2N2O2. The average Bonchev–Trinajstić information content (AvgIpc) is 3.31. The molecule has 1 N–H and O–H groups in total. The Labute approximate surface area is 434 Å². The summed E-state index contributed by atoms with van der Waals surface area (Å²) >= 11 is 0. The van der Waals surface area contributed by atoms with E-state index in [-0.39, 0.29) is 5.92 Å². The molecule has 0 aromatic heterocycles. The first-order valence-corrected chi connectivity index (χ1v) is 28.1. The minimum absolute atomic E-state index is 0.0267. The number of hydrogen-bond acceptors (Lipinski definition) is 4. The van der Waals surface area contributed by atoms with Crippen molar-refractivity contribution in [2.45, 2.75) is 240 Å². The first kappa shape index (κ1) is 70.9. The molecule has 404 valence electrons. The Morgan fingerprint density at radius 2 is 1.49 bits per heavy atom.